The molecule has 0 unspecified atom stereocenters. The van der Waals surface area contributed by atoms with Crippen LogP contribution in [0.1, 0.15) is 13.8 Å². The summed E-state index contributed by atoms with van der Waals surface area (Å²) in [7, 11) is 1.51. The maximum absolute atomic E-state index is 11.2. The van der Waals surface area contributed by atoms with Crippen molar-refractivity contribution in [3.63, 3.8) is 0 Å². The second-order valence-corrected chi connectivity index (χ2v) is 5.25. The highest BCUT2D eigenvalue weighted by Gasteiger charge is 2.34. The van der Waals surface area contributed by atoms with Gasteiger partial charge in [0.05, 0.1) is 20.7 Å². The number of aliphatic carboxylic acids is 1. The SMILES string of the molecule is CN(c1c(Cl)cc([N+](=O)[O-])cc1Cl)C(C)(C)C(=O)O. The van der Waals surface area contributed by atoms with E-state index in [2.05, 4.69) is 0 Å². The van der Waals surface area contributed by atoms with Gasteiger partial charge in [0, 0.05) is 19.2 Å². The first-order valence-electron chi connectivity index (χ1n) is 5.19. The maximum Gasteiger partial charge on any atom is 0.328 e. The van der Waals surface area contributed by atoms with E-state index >= 15 is 0 Å². The zero-order valence-corrected chi connectivity index (χ0v) is 12.0. The summed E-state index contributed by atoms with van der Waals surface area (Å²) in [5.74, 6) is -1.07. The van der Waals surface area contributed by atoms with Gasteiger partial charge in [0.25, 0.3) is 5.69 Å². The summed E-state index contributed by atoms with van der Waals surface area (Å²) in [5, 5.41) is 19.9. The van der Waals surface area contributed by atoms with Crippen LogP contribution in [0.5, 0.6) is 0 Å². The van der Waals surface area contributed by atoms with Gasteiger partial charge >= 0.3 is 5.97 Å². The monoisotopic (exact) mass is 306 g/mol. The molecule has 1 rings (SSSR count). The largest absolute Gasteiger partial charge is 0.480 e. The van der Waals surface area contributed by atoms with E-state index in [9.17, 15) is 14.9 Å². The number of nitro groups is 1. The number of carboxylic acid groups (broad SMARTS) is 1. The van der Waals surface area contributed by atoms with Crippen molar-refractivity contribution < 1.29 is 14.8 Å². The lowest BCUT2D eigenvalue weighted by Gasteiger charge is -2.34. The number of benzene rings is 1. The third-order valence-corrected chi connectivity index (χ3v) is 3.49. The van der Waals surface area contributed by atoms with Crippen LogP contribution in [-0.2, 0) is 4.79 Å². The highest BCUT2D eigenvalue weighted by Crippen LogP contribution is 2.39. The molecule has 0 aromatic heterocycles. The van der Waals surface area contributed by atoms with Crippen molar-refractivity contribution in [2.45, 2.75) is 19.4 Å². The molecule has 0 saturated heterocycles. The second-order valence-electron chi connectivity index (χ2n) is 4.44. The molecule has 104 valence electrons. The number of carboxylic acids is 1. The van der Waals surface area contributed by atoms with Crippen LogP contribution in [0.25, 0.3) is 0 Å². The fraction of sp³-hybridized carbons (Fsp3) is 0.364. The van der Waals surface area contributed by atoms with Gasteiger partial charge in [0.1, 0.15) is 5.54 Å². The number of nitrogens with zero attached hydrogens (tertiary/aromatic N) is 2. The van der Waals surface area contributed by atoms with E-state index < -0.39 is 16.4 Å². The minimum Gasteiger partial charge on any atom is -0.480 e. The number of carbonyl (C=O) groups is 1. The summed E-state index contributed by atoms with van der Waals surface area (Å²) in [6.45, 7) is 2.95. The molecule has 0 aliphatic rings. The third kappa shape index (κ3) is 2.90. The molecule has 1 N–H and O–H groups in total. The highest BCUT2D eigenvalue weighted by molar-refractivity contribution is 6.39. The number of non-ortho nitro benzene ring substituents is 1. The minimum atomic E-state index is -1.26. The second kappa shape index (κ2) is 5.22. The summed E-state index contributed by atoms with van der Waals surface area (Å²) in [6.07, 6.45) is 0. The molecule has 0 atom stereocenters. The van der Waals surface area contributed by atoms with Gasteiger partial charge in [-0.25, -0.2) is 4.79 Å². The fourth-order valence-corrected chi connectivity index (χ4v) is 2.13. The van der Waals surface area contributed by atoms with Crippen molar-refractivity contribution in [1.82, 2.24) is 0 Å². The Morgan fingerprint density at radius 3 is 2.11 bits per heavy atom. The first-order chi connectivity index (χ1) is 8.59. The van der Waals surface area contributed by atoms with Gasteiger partial charge in [0.2, 0.25) is 0 Å². The Kier molecular flexibility index (Phi) is 4.27. The molecular weight excluding hydrogens is 295 g/mol. The van der Waals surface area contributed by atoms with E-state index in [-0.39, 0.29) is 21.4 Å². The van der Waals surface area contributed by atoms with Crippen molar-refractivity contribution >= 4 is 40.5 Å². The van der Waals surface area contributed by atoms with Crippen LogP contribution in [0, 0.1) is 10.1 Å². The van der Waals surface area contributed by atoms with E-state index in [4.69, 9.17) is 28.3 Å². The molecule has 6 nitrogen and oxygen atoms in total. The molecule has 0 amide bonds. The molecular formula is C11H12Cl2N2O4. The zero-order chi connectivity index (χ0) is 15.0. The fourth-order valence-electron chi connectivity index (χ4n) is 1.40. The Balaban J connectivity index is 3.37. The van der Waals surface area contributed by atoms with Crippen LogP contribution in [-0.4, -0.2) is 28.6 Å². The molecule has 1 aromatic carbocycles. The van der Waals surface area contributed by atoms with Gasteiger partial charge in [-0.1, -0.05) is 23.2 Å². The quantitative estimate of drug-likeness (QED) is 0.682. The van der Waals surface area contributed by atoms with Gasteiger partial charge in [-0.05, 0) is 13.8 Å². The van der Waals surface area contributed by atoms with E-state index in [0.717, 1.165) is 12.1 Å². The molecule has 0 fully saturated rings. The van der Waals surface area contributed by atoms with Gasteiger partial charge < -0.3 is 10.0 Å². The number of likely N-dealkylation sites (N-methyl/N-ethyl adjacent to an activating group) is 1. The van der Waals surface area contributed by atoms with Crippen molar-refractivity contribution in [3.8, 4) is 0 Å². The average molecular weight is 307 g/mol. The summed E-state index contributed by atoms with van der Waals surface area (Å²) in [4.78, 5) is 22.6. The molecule has 8 heteroatoms. The predicted molar refractivity (Wildman–Crippen MR) is 73.2 cm³/mol. The topological polar surface area (TPSA) is 83.7 Å². The van der Waals surface area contributed by atoms with Crippen LogP contribution < -0.4 is 4.90 Å². The van der Waals surface area contributed by atoms with Crippen molar-refractivity contribution in [2.24, 2.45) is 0 Å². The molecule has 0 heterocycles. The van der Waals surface area contributed by atoms with Gasteiger partial charge in [-0.2, -0.15) is 0 Å². The lowest BCUT2D eigenvalue weighted by Crippen LogP contribution is -2.48. The minimum absolute atomic E-state index is 0.0241. The van der Waals surface area contributed by atoms with Gasteiger partial charge in [-0.15, -0.1) is 0 Å². The lowest BCUT2D eigenvalue weighted by molar-refractivity contribution is -0.384. The van der Waals surface area contributed by atoms with Crippen molar-refractivity contribution in [3.05, 3.63) is 32.3 Å². The normalized spacial score (nSPS) is 11.2. The van der Waals surface area contributed by atoms with E-state index in [1.807, 2.05) is 0 Å². The molecule has 0 spiro atoms. The maximum atomic E-state index is 11.2. The number of hydrogen-bond donors (Lipinski definition) is 1. The summed E-state index contributed by atoms with van der Waals surface area (Å²) in [6, 6.07) is 2.27. The number of nitro benzene ring substituents is 1. The first-order valence-corrected chi connectivity index (χ1v) is 5.95. The molecule has 1 aromatic rings. The summed E-state index contributed by atoms with van der Waals surface area (Å²) < 4.78 is 0. The smallest absolute Gasteiger partial charge is 0.328 e. The Morgan fingerprint density at radius 1 is 1.37 bits per heavy atom. The first kappa shape index (κ1) is 15.5. The lowest BCUT2D eigenvalue weighted by atomic mass is 10.0. The molecule has 0 saturated carbocycles. The molecule has 0 radical (unpaired) electrons. The van der Waals surface area contributed by atoms with Crippen LogP contribution in [0.4, 0.5) is 11.4 Å². The van der Waals surface area contributed by atoms with Crippen LogP contribution in [0.3, 0.4) is 0 Å². The highest BCUT2D eigenvalue weighted by atomic mass is 35.5. The number of hydrogen-bond acceptors (Lipinski definition) is 4. The molecule has 0 aliphatic carbocycles. The Morgan fingerprint density at radius 2 is 1.79 bits per heavy atom. The van der Waals surface area contributed by atoms with E-state index in [1.54, 1.807) is 0 Å². The Hall–Kier alpha value is -1.53. The Labute approximate surface area is 119 Å². The van der Waals surface area contributed by atoms with Gasteiger partial charge in [-0.3, -0.25) is 10.1 Å². The van der Waals surface area contributed by atoms with E-state index in [0.29, 0.717) is 0 Å². The average Bonchev–Trinajstić information content (AvgIpc) is 2.27. The summed E-state index contributed by atoms with van der Waals surface area (Å²) >= 11 is 11.9. The van der Waals surface area contributed by atoms with E-state index in [1.165, 1.54) is 25.8 Å². The van der Waals surface area contributed by atoms with Gasteiger partial charge in [0.15, 0.2) is 0 Å². The standard InChI is InChI=1S/C11H12Cl2N2O4/c1-11(2,10(16)17)14(3)9-7(12)4-6(15(18)19)5-8(9)13/h4-5H,1-3H3,(H,16,17). The molecule has 0 bridgehead atoms. The Bertz CT molecular complexity index is 522. The summed E-state index contributed by atoms with van der Waals surface area (Å²) in [5.41, 5.74) is -1.27. The van der Waals surface area contributed by atoms with Crippen LogP contribution in [0.2, 0.25) is 10.0 Å². The zero-order valence-electron chi connectivity index (χ0n) is 10.5. The number of halogens is 2. The number of rotatable bonds is 4. The van der Waals surface area contributed by atoms with Crippen molar-refractivity contribution in [2.75, 3.05) is 11.9 Å². The third-order valence-electron chi connectivity index (χ3n) is 2.91. The van der Waals surface area contributed by atoms with Crippen LogP contribution >= 0.6 is 23.2 Å². The number of anilines is 1. The van der Waals surface area contributed by atoms with Crippen LogP contribution in [0.15, 0.2) is 12.1 Å². The predicted octanol–water partition coefficient (Wildman–Crippen LogP) is 3.20. The van der Waals surface area contributed by atoms with Crippen molar-refractivity contribution in [1.29, 1.82) is 0 Å². The molecule has 0 aliphatic heterocycles. The molecule has 19 heavy (non-hydrogen) atoms.